The van der Waals surface area contributed by atoms with Crippen LogP contribution in [0.1, 0.15) is 49.9 Å². The zero-order chi connectivity index (χ0) is 14.7. The Morgan fingerprint density at radius 3 is 2.65 bits per heavy atom. The van der Waals surface area contributed by atoms with E-state index in [9.17, 15) is 14.9 Å². The van der Waals surface area contributed by atoms with Crippen LogP contribution in [0.25, 0.3) is 0 Å². The van der Waals surface area contributed by atoms with Gasteiger partial charge in [0.1, 0.15) is 6.10 Å². The number of ether oxygens (including phenoxy) is 1. The molecule has 1 aromatic rings. The maximum atomic E-state index is 11.3. The summed E-state index contributed by atoms with van der Waals surface area (Å²) < 4.78 is 5.84. The summed E-state index contributed by atoms with van der Waals surface area (Å²) in [5, 5.41) is 11.1. The molecule has 5 heteroatoms. The maximum absolute atomic E-state index is 11.3. The molecule has 1 saturated carbocycles. The van der Waals surface area contributed by atoms with Gasteiger partial charge in [0.2, 0.25) is 0 Å². The molecule has 1 fully saturated rings. The highest BCUT2D eigenvalue weighted by atomic mass is 16.6. The molecule has 1 aromatic carbocycles. The molecule has 2 unspecified atom stereocenters. The summed E-state index contributed by atoms with van der Waals surface area (Å²) in [6.07, 6.45) is 4.31. The fourth-order valence-electron chi connectivity index (χ4n) is 2.60. The summed E-state index contributed by atoms with van der Waals surface area (Å²) in [4.78, 5) is 22.0. The van der Waals surface area contributed by atoms with Crippen molar-refractivity contribution in [3.05, 3.63) is 33.9 Å². The van der Waals surface area contributed by atoms with Crippen molar-refractivity contribution in [2.45, 2.75) is 45.6 Å². The van der Waals surface area contributed by atoms with Gasteiger partial charge in [0.05, 0.1) is 4.92 Å². The van der Waals surface area contributed by atoms with Gasteiger partial charge in [-0.1, -0.05) is 13.3 Å². The third-order valence-electron chi connectivity index (χ3n) is 3.87. The lowest BCUT2D eigenvalue weighted by Gasteiger charge is -2.29. The normalized spacial score (nSPS) is 22.3. The number of carbonyl (C=O) groups is 1. The molecule has 0 saturated heterocycles. The predicted octanol–water partition coefficient (Wildman–Crippen LogP) is 3.75. The molecule has 2 atom stereocenters. The summed E-state index contributed by atoms with van der Waals surface area (Å²) >= 11 is 0. The van der Waals surface area contributed by atoms with Gasteiger partial charge in [0.25, 0.3) is 0 Å². The average molecular weight is 277 g/mol. The van der Waals surface area contributed by atoms with E-state index in [1.54, 1.807) is 6.07 Å². The van der Waals surface area contributed by atoms with E-state index < -0.39 is 4.92 Å². The second kappa shape index (κ2) is 6.03. The van der Waals surface area contributed by atoms with Crippen LogP contribution in [0.3, 0.4) is 0 Å². The van der Waals surface area contributed by atoms with Crippen molar-refractivity contribution in [3.8, 4) is 5.75 Å². The minimum atomic E-state index is -0.491. The molecule has 0 heterocycles. The van der Waals surface area contributed by atoms with E-state index in [4.69, 9.17) is 4.74 Å². The third kappa shape index (κ3) is 3.15. The minimum Gasteiger partial charge on any atom is -0.483 e. The Hall–Kier alpha value is -1.91. The fourth-order valence-corrected chi connectivity index (χ4v) is 2.60. The smallest absolute Gasteiger partial charge is 0.311 e. The lowest BCUT2D eigenvalue weighted by Crippen LogP contribution is -2.28. The molecule has 0 amide bonds. The Kier molecular flexibility index (Phi) is 4.37. The third-order valence-corrected chi connectivity index (χ3v) is 3.87. The molecule has 0 aromatic heterocycles. The standard InChI is InChI=1S/C15H19NO4/c1-10-5-3-4-6-14(10)20-15-8-7-12(11(2)17)9-13(15)16(18)19/h7-10,14H,3-6H2,1-2H3. The van der Waals surface area contributed by atoms with Crippen molar-refractivity contribution < 1.29 is 14.5 Å². The van der Waals surface area contributed by atoms with Crippen LogP contribution in [-0.4, -0.2) is 16.8 Å². The van der Waals surface area contributed by atoms with Crippen molar-refractivity contribution in [1.82, 2.24) is 0 Å². The number of nitro groups is 1. The zero-order valence-corrected chi connectivity index (χ0v) is 11.8. The van der Waals surface area contributed by atoms with Crippen LogP contribution in [0.2, 0.25) is 0 Å². The first-order valence-corrected chi connectivity index (χ1v) is 6.95. The molecular weight excluding hydrogens is 258 g/mol. The van der Waals surface area contributed by atoms with Gasteiger partial charge in [-0.15, -0.1) is 0 Å². The van der Waals surface area contributed by atoms with E-state index in [0.717, 1.165) is 19.3 Å². The van der Waals surface area contributed by atoms with Crippen molar-refractivity contribution in [2.75, 3.05) is 0 Å². The van der Waals surface area contributed by atoms with Gasteiger partial charge in [-0.05, 0) is 44.2 Å². The number of rotatable bonds is 4. The van der Waals surface area contributed by atoms with E-state index in [1.165, 1.54) is 25.5 Å². The second-order valence-corrected chi connectivity index (χ2v) is 5.41. The number of hydrogen-bond acceptors (Lipinski definition) is 4. The van der Waals surface area contributed by atoms with Gasteiger partial charge in [0.15, 0.2) is 11.5 Å². The van der Waals surface area contributed by atoms with E-state index >= 15 is 0 Å². The largest absolute Gasteiger partial charge is 0.483 e. The summed E-state index contributed by atoms with van der Waals surface area (Å²) in [7, 11) is 0. The van der Waals surface area contributed by atoms with Crippen molar-refractivity contribution in [3.63, 3.8) is 0 Å². The summed E-state index contributed by atoms with van der Waals surface area (Å²) in [5.41, 5.74) is 0.205. The molecule has 0 radical (unpaired) electrons. The van der Waals surface area contributed by atoms with Crippen LogP contribution >= 0.6 is 0 Å². The van der Waals surface area contributed by atoms with E-state index in [1.807, 2.05) is 0 Å². The number of Topliss-reactive ketones (excluding diaryl/α,β-unsaturated/α-hetero) is 1. The van der Waals surface area contributed by atoms with Crippen molar-refractivity contribution >= 4 is 11.5 Å². The van der Waals surface area contributed by atoms with Gasteiger partial charge in [-0.3, -0.25) is 14.9 Å². The van der Waals surface area contributed by atoms with Crippen LogP contribution < -0.4 is 4.74 Å². The number of carbonyl (C=O) groups excluding carboxylic acids is 1. The highest BCUT2D eigenvalue weighted by molar-refractivity contribution is 5.95. The molecule has 108 valence electrons. The van der Waals surface area contributed by atoms with Gasteiger partial charge >= 0.3 is 5.69 Å². The van der Waals surface area contributed by atoms with E-state index in [-0.39, 0.29) is 23.3 Å². The topological polar surface area (TPSA) is 69.4 Å². The number of hydrogen-bond donors (Lipinski definition) is 0. The molecule has 0 spiro atoms. The number of ketones is 1. The van der Waals surface area contributed by atoms with Gasteiger partial charge in [0, 0.05) is 11.6 Å². The van der Waals surface area contributed by atoms with Crippen LogP contribution in [0, 0.1) is 16.0 Å². The maximum Gasteiger partial charge on any atom is 0.311 e. The monoisotopic (exact) mass is 277 g/mol. The lowest BCUT2D eigenvalue weighted by atomic mass is 9.88. The van der Waals surface area contributed by atoms with Crippen LogP contribution in [0.15, 0.2) is 18.2 Å². The molecule has 1 aliphatic rings. The van der Waals surface area contributed by atoms with E-state index in [2.05, 4.69) is 6.92 Å². The first kappa shape index (κ1) is 14.5. The number of nitro benzene ring substituents is 1. The zero-order valence-electron chi connectivity index (χ0n) is 11.8. The van der Waals surface area contributed by atoms with Gasteiger partial charge in [-0.2, -0.15) is 0 Å². The highest BCUT2D eigenvalue weighted by Gasteiger charge is 2.26. The molecule has 0 N–H and O–H groups in total. The summed E-state index contributed by atoms with van der Waals surface area (Å²) in [6, 6.07) is 4.42. The van der Waals surface area contributed by atoms with Gasteiger partial charge < -0.3 is 4.74 Å². The van der Waals surface area contributed by atoms with Crippen LogP contribution in [-0.2, 0) is 0 Å². The minimum absolute atomic E-state index is 0.0191. The molecule has 2 rings (SSSR count). The SMILES string of the molecule is CC(=O)c1ccc(OC2CCCCC2C)c([N+](=O)[O-])c1. The Labute approximate surface area is 118 Å². The van der Waals surface area contributed by atoms with E-state index in [0.29, 0.717) is 11.5 Å². The molecule has 0 aliphatic heterocycles. The molecule has 5 nitrogen and oxygen atoms in total. The highest BCUT2D eigenvalue weighted by Crippen LogP contribution is 2.33. The summed E-state index contributed by atoms with van der Waals surface area (Å²) in [5.74, 6) is 0.472. The van der Waals surface area contributed by atoms with Crippen LogP contribution in [0.4, 0.5) is 5.69 Å². The van der Waals surface area contributed by atoms with Gasteiger partial charge in [-0.25, -0.2) is 0 Å². The Bertz CT molecular complexity index is 527. The molecular formula is C15H19NO4. The average Bonchev–Trinajstić information content (AvgIpc) is 2.41. The molecule has 0 bridgehead atoms. The fraction of sp³-hybridized carbons (Fsp3) is 0.533. The first-order chi connectivity index (χ1) is 9.49. The quantitative estimate of drug-likeness (QED) is 0.477. The van der Waals surface area contributed by atoms with Crippen molar-refractivity contribution in [1.29, 1.82) is 0 Å². The number of nitrogens with zero attached hydrogens (tertiary/aromatic N) is 1. The van der Waals surface area contributed by atoms with Crippen molar-refractivity contribution in [2.24, 2.45) is 5.92 Å². The van der Waals surface area contributed by atoms with Crippen LogP contribution in [0.5, 0.6) is 5.75 Å². The molecule has 20 heavy (non-hydrogen) atoms. The Morgan fingerprint density at radius 1 is 1.35 bits per heavy atom. The molecule has 1 aliphatic carbocycles. The Balaban J connectivity index is 2.26. The lowest BCUT2D eigenvalue weighted by molar-refractivity contribution is -0.386. The first-order valence-electron chi connectivity index (χ1n) is 6.95. The number of benzene rings is 1. The summed E-state index contributed by atoms with van der Waals surface area (Å²) in [6.45, 7) is 3.50. The predicted molar refractivity (Wildman–Crippen MR) is 75.1 cm³/mol. The second-order valence-electron chi connectivity index (χ2n) is 5.41. The Morgan fingerprint density at radius 2 is 2.05 bits per heavy atom.